The van der Waals surface area contributed by atoms with Gasteiger partial charge in [0.2, 0.25) is 10.0 Å². The van der Waals surface area contributed by atoms with Crippen molar-refractivity contribution in [1.82, 2.24) is 16.1 Å². The van der Waals surface area contributed by atoms with Crippen molar-refractivity contribution in [2.24, 2.45) is 10.2 Å². The quantitative estimate of drug-likeness (QED) is 0.665. The molecule has 2 aromatic carbocycles. The molecule has 0 fully saturated rings. The summed E-state index contributed by atoms with van der Waals surface area (Å²) in [4.78, 5) is -0.00847. The Balaban J connectivity index is 1.95. The molecule has 0 radical (unpaired) electrons. The number of amidine groups is 1. The molecule has 0 aliphatic carbocycles. The zero-order valence-corrected chi connectivity index (χ0v) is 15.6. The SMILES string of the molecule is COc1ccc(CN2NNN=C2c2c(Br)cccc2S(N)(=O)=O)cc1. The van der Waals surface area contributed by atoms with Gasteiger partial charge in [-0.1, -0.05) is 18.2 Å². The molecular formula is C15H16BrN5O3S. The fraction of sp³-hybridized carbons (Fsp3) is 0.133. The van der Waals surface area contributed by atoms with Crippen LogP contribution in [0.25, 0.3) is 0 Å². The monoisotopic (exact) mass is 425 g/mol. The molecule has 0 bridgehead atoms. The van der Waals surface area contributed by atoms with Crippen LogP contribution in [-0.4, -0.2) is 26.4 Å². The minimum atomic E-state index is -3.91. The van der Waals surface area contributed by atoms with E-state index in [9.17, 15) is 8.42 Å². The lowest BCUT2D eigenvalue weighted by Crippen LogP contribution is -2.41. The molecule has 1 heterocycles. The number of hydrogen-bond donors (Lipinski definition) is 3. The third-order valence-electron chi connectivity index (χ3n) is 3.61. The topological polar surface area (TPSA) is 109 Å². The third-order valence-corrected chi connectivity index (χ3v) is 5.22. The number of nitrogens with two attached hydrogens (primary N) is 1. The number of nitrogens with zero attached hydrogens (tertiary/aromatic N) is 2. The summed E-state index contributed by atoms with van der Waals surface area (Å²) in [5.41, 5.74) is 6.90. The Kier molecular flexibility index (Phi) is 4.95. The van der Waals surface area contributed by atoms with E-state index in [-0.39, 0.29) is 4.90 Å². The summed E-state index contributed by atoms with van der Waals surface area (Å²) in [5.74, 6) is 1.17. The van der Waals surface area contributed by atoms with Crippen molar-refractivity contribution in [3.8, 4) is 5.75 Å². The van der Waals surface area contributed by atoms with Gasteiger partial charge in [-0.3, -0.25) is 5.01 Å². The van der Waals surface area contributed by atoms with E-state index in [2.05, 4.69) is 32.1 Å². The summed E-state index contributed by atoms with van der Waals surface area (Å²) < 4.78 is 29.6. The first-order valence-electron chi connectivity index (χ1n) is 7.20. The molecule has 8 nitrogen and oxygen atoms in total. The smallest absolute Gasteiger partial charge is 0.238 e. The molecule has 0 saturated heterocycles. The van der Waals surface area contributed by atoms with Crippen molar-refractivity contribution < 1.29 is 13.2 Å². The number of primary sulfonamides is 1. The van der Waals surface area contributed by atoms with Crippen LogP contribution < -0.4 is 20.9 Å². The molecule has 1 aliphatic rings. The van der Waals surface area contributed by atoms with Crippen molar-refractivity contribution in [3.63, 3.8) is 0 Å². The van der Waals surface area contributed by atoms with Crippen LogP contribution in [-0.2, 0) is 16.6 Å². The summed E-state index contributed by atoms with van der Waals surface area (Å²) in [5, 5.41) is 11.2. The Morgan fingerprint density at radius 2 is 1.96 bits per heavy atom. The van der Waals surface area contributed by atoms with Crippen molar-refractivity contribution in [2.45, 2.75) is 11.4 Å². The molecule has 2 aromatic rings. The lowest BCUT2D eigenvalue weighted by atomic mass is 10.1. The van der Waals surface area contributed by atoms with E-state index in [0.717, 1.165) is 11.3 Å². The normalized spacial score (nSPS) is 14.2. The molecule has 0 amide bonds. The second-order valence-electron chi connectivity index (χ2n) is 5.25. The van der Waals surface area contributed by atoms with Gasteiger partial charge in [0.05, 0.1) is 24.1 Å². The van der Waals surface area contributed by atoms with Crippen LogP contribution >= 0.6 is 15.9 Å². The summed E-state index contributed by atoms with van der Waals surface area (Å²) >= 11 is 3.38. The number of rotatable bonds is 5. The summed E-state index contributed by atoms with van der Waals surface area (Å²) in [6.07, 6.45) is 0. The van der Waals surface area contributed by atoms with E-state index < -0.39 is 10.0 Å². The Morgan fingerprint density at radius 1 is 1.24 bits per heavy atom. The summed E-state index contributed by atoms with van der Waals surface area (Å²) in [6, 6.07) is 12.3. The van der Waals surface area contributed by atoms with Crippen molar-refractivity contribution >= 4 is 31.8 Å². The zero-order chi connectivity index (χ0) is 18.0. The maximum Gasteiger partial charge on any atom is 0.238 e. The van der Waals surface area contributed by atoms with Crippen LogP contribution in [0.2, 0.25) is 0 Å². The first-order chi connectivity index (χ1) is 11.9. The fourth-order valence-electron chi connectivity index (χ4n) is 2.43. The summed E-state index contributed by atoms with van der Waals surface area (Å²) in [7, 11) is -2.30. The molecule has 0 aromatic heterocycles. The number of methoxy groups -OCH3 is 1. The minimum absolute atomic E-state index is 0.00847. The number of benzene rings is 2. The highest BCUT2D eigenvalue weighted by Crippen LogP contribution is 2.26. The minimum Gasteiger partial charge on any atom is -0.497 e. The van der Waals surface area contributed by atoms with Crippen LogP contribution in [0.3, 0.4) is 0 Å². The molecule has 25 heavy (non-hydrogen) atoms. The van der Waals surface area contributed by atoms with E-state index in [4.69, 9.17) is 9.88 Å². The van der Waals surface area contributed by atoms with Gasteiger partial charge in [-0.25, -0.2) is 19.1 Å². The van der Waals surface area contributed by atoms with Gasteiger partial charge in [0, 0.05) is 4.47 Å². The highest BCUT2D eigenvalue weighted by atomic mass is 79.9. The maximum atomic E-state index is 11.9. The molecule has 4 N–H and O–H groups in total. The molecule has 0 unspecified atom stereocenters. The first-order valence-corrected chi connectivity index (χ1v) is 9.54. The van der Waals surface area contributed by atoms with E-state index in [1.54, 1.807) is 24.3 Å². The predicted octanol–water partition coefficient (Wildman–Crippen LogP) is 1.29. The number of hydrazine groups is 2. The largest absolute Gasteiger partial charge is 0.497 e. The molecule has 3 rings (SSSR count). The molecule has 10 heteroatoms. The van der Waals surface area contributed by atoms with Gasteiger partial charge >= 0.3 is 0 Å². The Hall–Kier alpha value is -2.14. The average Bonchev–Trinajstić information content (AvgIpc) is 3.02. The fourth-order valence-corrected chi connectivity index (χ4v) is 3.86. The van der Waals surface area contributed by atoms with Crippen molar-refractivity contribution in [3.05, 3.63) is 58.1 Å². The average molecular weight is 426 g/mol. The lowest BCUT2D eigenvalue weighted by Gasteiger charge is -2.21. The van der Waals surface area contributed by atoms with Crippen molar-refractivity contribution in [1.29, 1.82) is 0 Å². The predicted molar refractivity (Wildman–Crippen MR) is 96.9 cm³/mol. The van der Waals surface area contributed by atoms with Crippen LogP contribution in [0.5, 0.6) is 5.75 Å². The summed E-state index contributed by atoms with van der Waals surface area (Å²) in [6.45, 7) is 0.446. The van der Waals surface area contributed by atoms with E-state index in [1.165, 1.54) is 6.07 Å². The molecule has 0 saturated carbocycles. The number of hydrogen-bond acceptors (Lipinski definition) is 7. The number of ether oxygens (including phenoxy) is 1. The Morgan fingerprint density at radius 3 is 2.60 bits per heavy atom. The molecule has 1 aliphatic heterocycles. The molecule has 0 atom stereocenters. The molecule has 0 spiro atoms. The van der Waals surface area contributed by atoms with Gasteiger partial charge in [-0.15, -0.1) is 10.6 Å². The first kappa shape index (κ1) is 17.7. The van der Waals surface area contributed by atoms with E-state index >= 15 is 0 Å². The number of nitrogens with one attached hydrogen (secondary N) is 2. The van der Waals surface area contributed by atoms with E-state index in [0.29, 0.717) is 22.4 Å². The third kappa shape index (κ3) is 3.76. The number of hydrazone groups is 1. The Labute approximate surface area is 153 Å². The maximum absolute atomic E-state index is 11.9. The van der Waals surface area contributed by atoms with Gasteiger partial charge in [-0.2, -0.15) is 0 Å². The number of sulfonamides is 1. The number of halogens is 1. The lowest BCUT2D eigenvalue weighted by molar-refractivity contribution is 0.287. The van der Waals surface area contributed by atoms with Gasteiger partial charge in [-0.05, 0) is 45.8 Å². The van der Waals surface area contributed by atoms with Crippen LogP contribution in [0.15, 0.2) is 56.9 Å². The standard InChI is InChI=1S/C15H16BrN5O3S/c1-24-11-7-5-10(6-8-11)9-21-15(18-19-20-21)14-12(16)3-2-4-13(14)25(17,22)23/h2-8,19-20H,9H2,1H3,(H2,17,22,23). The molecule has 132 valence electrons. The van der Waals surface area contributed by atoms with Crippen LogP contribution in [0.1, 0.15) is 11.1 Å². The van der Waals surface area contributed by atoms with Gasteiger partial charge in [0.25, 0.3) is 0 Å². The van der Waals surface area contributed by atoms with Gasteiger partial charge < -0.3 is 4.74 Å². The highest BCUT2D eigenvalue weighted by molar-refractivity contribution is 9.10. The zero-order valence-electron chi connectivity index (χ0n) is 13.2. The highest BCUT2D eigenvalue weighted by Gasteiger charge is 2.27. The second-order valence-corrected chi connectivity index (χ2v) is 7.64. The van der Waals surface area contributed by atoms with Crippen LogP contribution in [0, 0.1) is 0 Å². The van der Waals surface area contributed by atoms with E-state index in [1.807, 2.05) is 24.3 Å². The van der Waals surface area contributed by atoms with Gasteiger partial charge in [0.1, 0.15) is 5.75 Å². The van der Waals surface area contributed by atoms with Gasteiger partial charge in [0.15, 0.2) is 5.84 Å². The Bertz CT molecular complexity index is 915. The molecular weight excluding hydrogens is 410 g/mol. The van der Waals surface area contributed by atoms with Crippen LogP contribution in [0.4, 0.5) is 0 Å². The second kappa shape index (κ2) is 7.00. The van der Waals surface area contributed by atoms with Crippen molar-refractivity contribution in [2.75, 3.05) is 7.11 Å².